The first-order valence-corrected chi connectivity index (χ1v) is 21.2. The molecule has 2 rings (SSSR count). The van der Waals surface area contributed by atoms with Gasteiger partial charge in [-0.25, -0.2) is 4.79 Å². The van der Waals surface area contributed by atoms with E-state index in [0.717, 1.165) is 29.9 Å². The van der Waals surface area contributed by atoms with Gasteiger partial charge in [0.25, 0.3) is 5.56 Å². The highest BCUT2D eigenvalue weighted by Gasteiger charge is 2.45. The van der Waals surface area contributed by atoms with E-state index >= 15 is 0 Å². The molecule has 0 bridgehead atoms. The predicted molar refractivity (Wildman–Crippen MR) is 209 cm³/mol. The van der Waals surface area contributed by atoms with Gasteiger partial charge in [-0.3, -0.25) is 28.9 Å². The normalized spacial score (nSPS) is 19.7. The zero-order valence-corrected chi connectivity index (χ0v) is 32.7. The van der Waals surface area contributed by atoms with Crippen molar-refractivity contribution in [2.24, 2.45) is 32.9 Å². The van der Waals surface area contributed by atoms with Crippen molar-refractivity contribution in [2.45, 2.75) is 134 Å². The molecule has 0 amide bonds. The van der Waals surface area contributed by atoms with Crippen molar-refractivity contribution in [1.82, 2.24) is 14.5 Å². The van der Waals surface area contributed by atoms with Crippen molar-refractivity contribution in [3.63, 3.8) is 0 Å². The summed E-state index contributed by atoms with van der Waals surface area (Å²) in [6.07, 6.45) is 14.1. The van der Waals surface area contributed by atoms with E-state index in [1.54, 1.807) is 0 Å². The van der Waals surface area contributed by atoms with Crippen molar-refractivity contribution in [1.29, 1.82) is 0 Å². The summed E-state index contributed by atoms with van der Waals surface area (Å²) >= 11 is 0. The molecule has 1 aliphatic heterocycles. The van der Waals surface area contributed by atoms with E-state index in [4.69, 9.17) is 36.7 Å². The van der Waals surface area contributed by atoms with Gasteiger partial charge in [-0.15, -0.1) is 0 Å². The van der Waals surface area contributed by atoms with Gasteiger partial charge in [0.05, 0.1) is 19.4 Å². The first-order valence-electron chi connectivity index (χ1n) is 19.5. The van der Waals surface area contributed by atoms with Gasteiger partial charge in [0.15, 0.2) is 18.1 Å². The zero-order chi connectivity index (χ0) is 38.9. The molecule has 0 spiro atoms. The van der Waals surface area contributed by atoms with Gasteiger partial charge >= 0.3 is 13.3 Å². The first-order chi connectivity index (χ1) is 25.5. The SMILES string of the molecule is CCCCCCCCCCCCCCCCOP(=O)(CCN(CCCN=C(N)N)CCCN=C(N)N)OC[C@H]1O[C@@H](n2ccc(=O)[nH]c2=O)[C@H](O)[C@@H]1O. The maximum atomic E-state index is 14.2. The van der Waals surface area contributed by atoms with Gasteiger partial charge in [-0.2, -0.15) is 0 Å². The van der Waals surface area contributed by atoms with Crippen molar-refractivity contribution >= 4 is 19.5 Å². The average Bonchev–Trinajstić information content (AvgIpc) is 3.39. The first kappa shape index (κ1) is 46.4. The lowest BCUT2D eigenvalue weighted by Crippen LogP contribution is -2.37. The van der Waals surface area contributed by atoms with Crippen LogP contribution in [0.5, 0.6) is 0 Å². The third kappa shape index (κ3) is 19.9. The van der Waals surface area contributed by atoms with Gasteiger partial charge in [-0.1, -0.05) is 90.4 Å². The maximum absolute atomic E-state index is 14.2. The Hall–Kier alpha value is -2.79. The highest BCUT2D eigenvalue weighted by atomic mass is 31.2. The lowest BCUT2D eigenvalue weighted by molar-refractivity contribution is -0.0531. The number of aliphatic imine (C=N–C) groups is 2. The summed E-state index contributed by atoms with van der Waals surface area (Å²) in [5.41, 5.74) is 20.5. The highest BCUT2D eigenvalue weighted by Crippen LogP contribution is 2.49. The molecule has 0 aliphatic carbocycles. The Balaban J connectivity index is 1.95. The monoisotopic (exact) mass is 773 g/mol. The van der Waals surface area contributed by atoms with Crippen LogP contribution in [0.25, 0.3) is 0 Å². The number of aliphatic hydroxyl groups excluding tert-OH is 2. The summed E-state index contributed by atoms with van der Waals surface area (Å²) in [5.74, 6) is 0.0152. The Bertz CT molecular complexity index is 1330. The number of hydrogen-bond donors (Lipinski definition) is 7. The molecular weight excluding hydrogens is 705 g/mol. The summed E-state index contributed by atoms with van der Waals surface area (Å²) < 4.78 is 32.8. The van der Waals surface area contributed by atoms with Crippen LogP contribution in [0.4, 0.5) is 0 Å². The molecular formula is C35H68N9O8P. The second-order valence-electron chi connectivity index (χ2n) is 13.8. The quantitative estimate of drug-likeness (QED) is 0.0248. The fraction of sp³-hybridized carbons (Fsp3) is 0.829. The van der Waals surface area contributed by atoms with Gasteiger partial charge in [0, 0.05) is 31.9 Å². The lowest BCUT2D eigenvalue weighted by atomic mass is 10.0. The Labute approximate surface area is 314 Å². The Morgan fingerprint density at radius 2 is 1.34 bits per heavy atom. The number of guanidine groups is 2. The van der Waals surface area contributed by atoms with E-state index in [1.807, 2.05) is 0 Å². The number of nitrogens with two attached hydrogens (primary N) is 4. The summed E-state index contributed by atoms with van der Waals surface area (Å²) in [4.78, 5) is 36.1. The number of aliphatic hydroxyl groups is 2. The van der Waals surface area contributed by atoms with Crippen LogP contribution in [0.3, 0.4) is 0 Å². The molecule has 1 unspecified atom stereocenters. The van der Waals surface area contributed by atoms with E-state index in [-0.39, 0.29) is 31.3 Å². The maximum Gasteiger partial charge on any atom is 0.332 e. The van der Waals surface area contributed by atoms with Gasteiger partial charge < -0.3 is 51.8 Å². The van der Waals surface area contributed by atoms with Crippen molar-refractivity contribution < 1.29 is 28.6 Å². The molecule has 1 aromatic rings. The minimum atomic E-state index is -3.74. The van der Waals surface area contributed by atoms with E-state index in [9.17, 15) is 24.4 Å². The smallest absolute Gasteiger partial charge is 0.332 e. The molecule has 0 saturated carbocycles. The van der Waals surface area contributed by atoms with Crippen LogP contribution in [0.15, 0.2) is 31.8 Å². The average molecular weight is 774 g/mol. The molecule has 306 valence electrons. The number of nitrogens with one attached hydrogen (secondary N) is 1. The molecule has 11 N–H and O–H groups in total. The van der Waals surface area contributed by atoms with Crippen LogP contribution < -0.4 is 34.2 Å². The number of hydrogen-bond acceptors (Lipinski definition) is 11. The molecule has 1 aromatic heterocycles. The number of H-pyrrole nitrogens is 1. The van der Waals surface area contributed by atoms with Gasteiger partial charge in [0.2, 0.25) is 0 Å². The van der Waals surface area contributed by atoms with Crippen LogP contribution in [0.1, 0.15) is 116 Å². The Morgan fingerprint density at radius 3 is 1.85 bits per heavy atom. The second-order valence-corrected chi connectivity index (χ2v) is 16.0. The highest BCUT2D eigenvalue weighted by molar-refractivity contribution is 7.53. The Kier molecular flexibility index (Phi) is 23.5. The van der Waals surface area contributed by atoms with E-state index in [2.05, 4.69) is 26.8 Å². The number of unbranched alkanes of at least 4 members (excludes halogenated alkanes) is 13. The van der Waals surface area contributed by atoms with Crippen LogP contribution in [0, 0.1) is 0 Å². The topological polar surface area (TPSA) is 272 Å². The fourth-order valence-electron chi connectivity index (χ4n) is 6.18. The molecule has 17 nitrogen and oxygen atoms in total. The third-order valence-electron chi connectivity index (χ3n) is 9.23. The molecule has 1 fully saturated rings. The number of aromatic amines is 1. The number of ether oxygens (including phenoxy) is 1. The van der Waals surface area contributed by atoms with Crippen molar-refractivity contribution in [2.75, 3.05) is 52.1 Å². The predicted octanol–water partition coefficient (Wildman–Crippen LogP) is 2.49. The molecule has 1 saturated heterocycles. The summed E-state index contributed by atoms with van der Waals surface area (Å²) in [6.45, 7) is 4.52. The minimum absolute atomic E-state index is 0.00760. The minimum Gasteiger partial charge on any atom is -0.387 e. The summed E-state index contributed by atoms with van der Waals surface area (Å²) in [6, 6.07) is 1.10. The van der Waals surface area contributed by atoms with Gasteiger partial charge in [-0.05, 0) is 32.4 Å². The van der Waals surface area contributed by atoms with Crippen molar-refractivity contribution in [3.05, 3.63) is 33.1 Å². The zero-order valence-electron chi connectivity index (χ0n) is 31.8. The van der Waals surface area contributed by atoms with Crippen LogP contribution >= 0.6 is 7.60 Å². The molecule has 5 atom stereocenters. The molecule has 53 heavy (non-hydrogen) atoms. The molecule has 2 heterocycles. The number of nitrogens with zero attached hydrogens (tertiary/aromatic N) is 4. The molecule has 0 radical (unpaired) electrons. The number of rotatable bonds is 31. The summed E-state index contributed by atoms with van der Waals surface area (Å²) in [7, 11) is -3.74. The van der Waals surface area contributed by atoms with E-state index in [0.29, 0.717) is 52.0 Å². The molecule has 18 heteroatoms. The Morgan fingerprint density at radius 1 is 0.811 bits per heavy atom. The third-order valence-corrected chi connectivity index (χ3v) is 11.1. The van der Waals surface area contributed by atoms with Crippen LogP contribution in [0.2, 0.25) is 0 Å². The lowest BCUT2D eigenvalue weighted by Gasteiger charge is -2.26. The fourth-order valence-corrected chi connectivity index (χ4v) is 7.82. The largest absolute Gasteiger partial charge is 0.387 e. The second kappa shape index (κ2) is 26.9. The van der Waals surface area contributed by atoms with Crippen molar-refractivity contribution in [3.8, 4) is 0 Å². The van der Waals surface area contributed by atoms with Gasteiger partial charge in [0.1, 0.15) is 18.3 Å². The van der Waals surface area contributed by atoms with E-state index < -0.39 is 43.4 Å². The molecule has 0 aromatic carbocycles. The summed E-state index contributed by atoms with van der Waals surface area (Å²) in [5, 5.41) is 21.4. The molecule has 1 aliphatic rings. The standard InChI is InChI=1S/C35H68N9O8P/c1-2-3-4-5-6-7-8-9-10-11-12-13-14-15-25-50-53(49,26-24-43(21-16-19-40-33(36)37)22-17-20-41-34(38)39)51-27-28-30(46)31(47)32(52-28)44-23-18-29(45)42-35(44)48/h18,23,28,30-32,46-47H,2-17,19-22,24-27H2,1H3,(H4,36,37,40)(H4,38,39,41)(H,42,45,48)/t28-,30-,31-,32-,53?/m1/s1. The number of aromatic nitrogens is 2. The van der Waals surface area contributed by atoms with E-state index in [1.165, 1.54) is 70.4 Å². The van der Waals surface area contributed by atoms with Crippen LogP contribution in [-0.2, 0) is 18.3 Å². The van der Waals surface area contributed by atoms with Crippen LogP contribution in [-0.4, -0.2) is 107 Å².